The van der Waals surface area contributed by atoms with Crippen LogP contribution in [0.15, 0.2) is 36.4 Å². The molecule has 0 spiro atoms. The van der Waals surface area contributed by atoms with Crippen LogP contribution in [0.2, 0.25) is 0 Å². The fourth-order valence-electron chi connectivity index (χ4n) is 1.41. The Morgan fingerprint density at radius 2 is 1.86 bits per heavy atom. The molecule has 1 rings (SSSR count). The number of nitrogens with one attached hydrogen (secondary N) is 1. The van der Waals surface area contributed by atoms with Gasteiger partial charge in [0.15, 0.2) is 0 Å². The number of esters is 1. The molecule has 0 atom stereocenters. The van der Waals surface area contributed by atoms with Crippen LogP contribution in [0.1, 0.15) is 30.1 Å². The van der Waals surface area contributed by atoms with Crippen molar-refractivity contribution in [3.63, 3.8) is 0 Å². The molecule has 0 aliphatic heterocycles. The average Bonchev–Trinajstić information content (AvgIpc) is 2.46. The van der Waals surface area contributed by atoms with Gasteiger partial charge in [0.05, 0.1) is 12.2 Å². The molecule has 6 nitrogen and oxygen atoms in total. The molecule has 0 heterocycles. The fraction of sp³-hybridized carbons (Fsp3) is 0.267. The first-order valence-corrected chi connectivity index (χ1v) is 6.52. The van der Waals surface area contributed by atoms with Crippen molar-refractivity contribution >= 4 is 23.5 Å². The van der Waals surface area contributed by atoms with Crippen LogP contribution in [-0.2, 0) is 14.3 Å². The van der Waals surface area contributed by atoms with Crippen molar-refractivity contribution in [3.05, 3.63) is 42.0 Å². The maximum atomic E-state index is 11.6. The number of carboxylic acids is 1. The van der Waals surface area contributed by atoms with E-state index in [-0.39, 0.29) is 0 Å². The molecular formula is C15H17NO5. The molecule has 0 saturated carbocycles. The van der Waals surface area contributed by atoms with Crippen LogP contribution >= 0.6 is 0 Å². The normalized spacial score (nSPS) is 10.3. The number of carbonyl (C=O) groups is 3. The number of anilines is 1. The predicted molar refractivity (Wildman–Crippen MR) is 77.0 cm³/mol. The molecule has 112 valence electrons. The third kappa shape index (κ3) is 6.38. The molecule has 21 heavy (non-hydrogen) atoms. The summed E-state index contributed by atoms with van der Waals surface area (Å²) in [6.07, 6.45) is 3.42. The second-order valence-corrected chi connectivity index (χ2v) is 4.23. The quantitative estimate of drug-likeness (QED) is 0.456. The van der Waals surface area contributed by atoms with Gasteiger partial charge in [-0.2, -0.15) is 0 Å². The minimum absolute atomic E-state index is 0.383. The molecule has 0 radical (unpaired) electrons. The van der Waals surface area contributed by atoms with Gasteiger partial charge in [-0.3, -0.25) is 4.79 Å². The molecule has 0 saturated heterocycles. The molecule has 0 aliphatic carbocycles. The maximum absolute atomic E-state index is 11.6. The van der Waals surface area contributed by atoms with E-state index in [2.05, 4.69) is 5.32 Å². The van der Waals surface area contributed by atoms with Gasteiger partial charge >= 0.3 is 11.9 Å². The van der Waals surface area contributed by atoms with E-state index in [9.17, 15) is 14.4 Å². The van der Waals surface area contributed by atoms with Crippen LogP contribution < -0.4 is 5.32 Å². The fourth-order valence-corrected chi connectivity index (χ4v) is 1.41. The minimum atomic E-state index is -1.20. The van der Waals surface area contributed by atoms with E-state index in [1.807, 2.05) is 6.92 Å². The van der Waals surface area contributed by atoms with Gasteiger partial charge in [-0.05, 0) is 30.7 Å². The maximum Gasteiger partial charge on any atom is 0.338 e. The van der Waals surface area contributed by atoms with E-state index in [4.69, 9.17) is 9.84 Å². The SMILES string of the molecule is CCCCOC(=O)c1ccc(NC(=O)/C=C\C(=O)O)cc1. The second kappa shape index (κ2) is 8.52. The average molecular weight is 291 g/mol. The number of hydrogen-bond acceptors (Lipinski definition) is 4. The van der Waals surface area contributed by atoms with Crippen LogP contribution in [0.25, 0.3) is 0 Å². The summed E-state index contributed by atoms with van der Waals surface area (Å²) < 4.78 is 5.05. The Morgan fingerprint density at radius 3 is 2.43 bits per heavy atom. The molecule has 0 fully saturated rings. The summed E-state index contributed by atoms with van der Waals surface area (Å²) >= 11 is 0. The Bertz CT molecular complexity index is 533. The lowest BCUT2D eigenvalue weighted by Gasteiger charge is -2.05. The zero-order valence-corrected chi connectivity index (χ0v) is 11.7. The van der Waals surface area contributed by atoms with Crippen LogP contribution in [-0.4, -0.2) is 29.6 Å². The van der Waals surface area contributed by atoms with Crippen molar-refractivity contribution in [2.75, 3.05) is 11.9 Å². The number of hydrogen-bond donors (Lipinski definition) is 2. The molecule has 1 aromatic carbocycles. The number of aliphatic carboxylic acids is 1. The Morgan fingerprint density at radius 1 is 1.19 bits per heavy atom. The van der Waals surface area contributed by atoms with E-state index >= 15 is 0 Å². The Hall–Kier alpha value is -2.63. The van der Waals surface area contributed by atoms with Crippen molar-refractivity contribution in [2.45, 2.75) is 19.8 Å². The van der Waals surface area contributed by atoms with E-state index in [0.717, 1.165) is 25.0 Å². The first-order valence-electron chi connectivity index (χ1n) is 6.52. The molecule has 0 bridgehead atoms. The largest absolute Gasteiger partial charge is 0.478 e. The first kappa shape index (κ1) is 16.4. The topological polar surface area (TPSA) is 92.7 Å². The third-order valence-electron chi connectivity index (χ3n) is 2.50. The number of carboxylic acid groups (broad SMARTS) is 1. The van der Waals surface area contributed by atoms with Gasteiger partial charge in [-0.25, -0.2) is 9.59 Å². The Kier molecular flexibility index (Phi) is 6.67. The first-order chi connectivity index (χ1) is 10.0. The number of ether oxygens (including phenoxy) is 1. The summed E-state index contributed by atoms with van der Waals surface area (Å²) in [5.74, 6) is -2.17. The predicted octanol–water partition coefficient (Wildman–Crippen LogP) is 2.22. The number of carbonyl (C=O) groups excluding carboxylic acids is 2. The lowest BCUT2D eigenvalue weighted by atomic mass is 10.2. The summed E-state index contributed by atoms with van der Waals surface area (Å²) in [5.41, 5.74) is 0.852. The van der Waals surface area contributed by atoms with Crippen molar-refractivity contribution < 1.29 is 24.2 Å². The molecule has 1 aromatic rings. The van der Waals surface area contributed by atoms with Gasteiger partial charge in [-0.15, -0.1) is 0 Å². The molecule has 0 unspecified atom stereocenters. The monoisotopic (exact) mass is 291 g/mol. The number of amides is 1. The van der Waals surface area contributed by atoms with Crippen molar-refractivity contribution in [1.82, 2.24) is 0 Å². The van der Waals surface area contributed by atoms with Crippen LogP contribution in [0.5, 0.6) is 0 Å². The smallest absolute Gasteiger partial charge is 0.338 e. The van der Waals surface area contributed by atoms with E-state index in [1.54, 1.807) is 12.1 Å². The number of benzene rings is 1. The zero-order chi connectivity index (χ0) is 15.7. The summed E-state index contributed by atoms with van der Waals surface area (Å²) in [7, 11) is 0. The lowest BCUT2D eigenvalue weighted by molar-refractivity contribution is -0.131. The van der Waals surface area contributed by atoms with Crippen molar-refractivity contribution in [1.29, 1.82) is 0 Å². The molecule has 6 heteroatoms. The highest BCUT2D eigenvalue weighted by Gasteiger charge is 2.07. The van der Waals surface area contributed by atoms with Gasteiger partial charge in [0.25, 0.3) is 0 Å². The minimum Gasteiger partial charge on any atom is -0.478 e. The van der Waals surface area contributed by atoms with Gasteiger partial charge in [0, 0.05) is 17.8 Å². The highest BCUT2D eigenvalue weighted by molar-refractivity contribution is 6.02. The molecule has 0 aromatic heterocycles. The molecular weight excluding hydrogens is 274 g/mol. The second-order valence-electron chi connectivity index (χ2n) is 4.23. The van der Waals surface area contributed by atoms with Gasteiger partial charge < -0.3 is 15.2 Å². The summed E-state index contributed by atoms with van der Waals surface area (Å²) in [4.78, 5) is 33.3. The molecule has 1 amide bonds. The van der Waals surface area contributed by atoms with Gasteiger partial charge in [-0.1, -0.05) is 13.3 Å². The number of rotatable bonds is 7. The summed E-state index contributed by atoms with van der Waals surface area (Å²) in [5, 5.41) is 10.9. The van der Waals surface area contributed by atoms with Crippen molar-refractivity contribution in [3.8, 4) is 0 Å². The summed E-state index contributed by atoms with van der Waals surface area (Å²) in [6, 6.07) is 6.15. The summed E-state index contributed by atoms with van der Waals surface area (Å²) in [6.45, 7) is 2.39. The van der Waals surface area contributed by atoms with Crippen LogP contribution in [0, 0.1) is 0 Å². The van der Waals surface area contributed by atoms with Gasteiger partial charge in [0.2, 0.25) is 5.91 Å². The van der Waals surface area contributed by atoms with E-state index < -0.39 is 17.8 Å². The lowest BCUT2D eigenvalue weighted by Crippen LogP contribution is -2.10. The standard InChI is InChI=1S/C15H17NO5/c1-2-3-10-21-15(20)11-4-6-12(7-5-11)16-13(17)8-9-14(18)19/h4-9H,2-3,10H2,1H3,(H,16,17)(H,18,19)/b9-8-. The van der Waals surface area contributed by atoms with E-state index in [0.29, 0.717) is 17.9 Å². The highest BCUT2D eigenvalue weighted by atomic mass is 16.5. The Labute approximate surface area is 122 Å². The molecule has 2 N–H and O–H groups in total. The third-order valence-corrected chi connectivity index (χ3v) is 2.50. The zero-order valence-electron chi connectivity index (χ0n) is 11.7. The highest BCUT2D eigenvalue weighted by Crippen LogP contribution is 2.11. The van der Waals surface area contributed by atoms with Crippen molar-refractivity contribution in [2.24, 2.45) is 0 Å². The number of unbranched alkanes of at least 4 members (excludes halogenated alkanes) is 1. The van der Waals surface area contributed by atoms with Gasteiger partial charge in [0.1, 0.15) is 0 Å². The van der Waals surface area contributed by atoms with Crippen LogP contribution in [0.4, 0.5) is 5.69 Å². The van der Waals surface area contributed by atoms with E-state index in [1.165, 1.54) is 12.1 Å². The Balaban J connectivity index is 2.55. The molecule has 0 aliphatic rings. The van der Waals surface area contributed by atoms with Crippen LogP contribution in [0.3, 0.4) is 0 Å².